The third-order valence-corrected chi connectivity index (χ3v) is 9.24. The Hall–Kier alpha value is -4.19. The van der Waals surface area contributed by atoms with E-state index in [1.54, 1.807) is 36.4 Å². The zero-order chi connectivity index (χ0) is 28.5. The summed E-state index contributed by atoms with van der Waals surface area (Å²) in [4.78, 5) is 45.9. The normalized spacial score (nSPS) is 23.9. The zero-order valence-electron chi connectivity index (χ0n) is 22.0. The molecule has 3 heterocycles. The lowest BCUT2D eigenvalue weighted by Crippen LogP contribution is -2.51. The molecule has 4 aromatic carbocycles. The summed E-state index contributed by atoms with van der Waals surface area (Å²) in [7, 11) is 0. The molecule has 3 aliphatic heterocycles. The van der Waals surface area contributed by atoms with Crippen molar-refractivity contribution in [3.63, 3.8) is 0 Å². The minimum Gasteiger partial charge on any atom is -0.352 e. The van der Waals surface area contributed by atoms with E-state index in [0.29, 0.717) is 21.8 Å². The highest BCUT2D eigenvalue weighted by Gasteiger charge is 2.70. The largest absolute Gasteiger partial charge is 0.352 e. The van der Waals surface area contributed by atoms with Gasteiger partial charge in [-0.1, -0.05) is 96.0 Å². The monoisotopic (exact) mass is 578 g/mol. The summed E-state index contributed by atoms with van der Waals surface area (Å²) in [5.74, 6) is -2.04. The predicted octanol–water partition coefficient (Wildman–Crippen LogP) is 7.24. The number of halogens is 2. The highest BCUT2D eigenvalue weighted by molar-refractivity contribution is 6.37. The molecule has 3 aliphatic rings. The Kier molecular flexibility index (Phi) is 5.93. The SMILES string of the molecule is CC1=C[C@@H]2N(c3ccccc31)[C@@H](C(=O)c1ccccc1)[C@@H](C(=O)c1ccc(Cl)cc1Cl)[C@]21C(=O)Nc2ccccc21. The number of para-hydroxylation sites is 2. The molecule has 1 saturated heterocycles. The molecule has 1 amide bonds. The molecule has 5 nitrogen and oxygen atoms in total. The number of amides is 1. The van der Waals surface area contributed by atoms with Crippen LogP contribution in [0.4, 0.5) is 11.4 Å². The van der Waals surface area contributed by atoms with Crippen LogP contribution in [0.25, 0.3) is 5.57 Å². The molecule has 4 atom stereocenters. The van der Waals surface area contributed by atoms with Gasteiger partial charge in [-0.3, -0.25) is 14.4 Å². The van der Waals surface area contributed by atoms with Gasteiger partial charge in [0.15, 0.2) is 11.6 Å². The number of nitrogens with zero attached hydrogens (tertiary/aromatic N) is 1. The van der Waals surface area contributed by atoms with Crippen LogP contribution < -0.4 is 10.2 Å². The zero-order valence-corrected chi connectivity index (χ0v) is 23.5. The van der Waals surface area contributed by atoms with Crippen molar-refractivity contribution in [1.29, 1.82) is 0 Å². The maximum absolute atomic E-state index is 14.9. The van der Waals surface area contributed by atoms with E-state index in [2.05, 4.69) is 5.32 Å². The minimum atomic E-state index is -1.40. The van der Waals surface area contributed by atoms with Crippen LogP contribution >= 0.6 is 23.2 Å². The number of ketones is 2. The van der Waals surface area contributed by atoms with Gasteiger partial charge in [-0.2, -0.15) is 0 Å². The first-order valence-electron chi connectivity index (χ1n) is 13.4. The molecule has 0 bridgehead atoms. The van der Waals surface area contributed by atoms with Crippen LogP contribution in [0.15, 0.2) is 103 Å². The average molecular weight is 579 g/mol. The van der Waals surface area contributed by atoms with Crippen LogP contribution in [0.5, 0.6) is 0 Å². The number of fused-ring (bicyclic) bond motifs is 6. The molecule has 0 unspecified atom stereocenters. The van der Waals surface area contributed by atoms with E-state index in [1.807, 2.05) is 72.5 Å². The first-order valence-corrected chi connectivity index (χ1v) is 14.1. The fourth-order valence-corrected chi connectivity index (χ4v) is 7.52. The Labute approximate surface area is 247 Å². The summed E-state index contributed by atoms with van der Waals surface area (Å²) in [6.07, 6.45) is 2.03. The summed E-state index contributed by atoms with van der Waals surface area (Å²) in [6.45, 7) is 2.00. The van der Waals surface area contributed by atoms with E-state index in [-0.39, 0.29) is 28.1 Å². The molecule has 0 aliphatic carbocycles. The number of allylic oxidation sites excluding steroid dienone is 1. The molecule has 202 valence electrons. The third-order valence-electron chi connectivity index (χ3n) is 8.69. The molecule has 4 aromatic rings. The molecule has 0 saturated carbocycles. The fraction of sp³-hybridized carbons (Fsp3) is 0.147. The average Bonchev–Trinajstić information content (AvgIpc) is 3.45. The van der Waals surface area contributed by atoms with Crippen molar-refractivity contribution in [2.24, 2.45) is 5.92 Å². The van der Waals surface area contributed by atoms with Gasteiger partial charge < -0.3 is 10.2 Å². The van der Waals surface area contributed by atoms with Crippen molar-refractivity contribution >= 4 is 57.6 Å². The van der Waals surface area contributed by atoms with Gasteiger partial charge in [0.2, 0.25) is 5.91 Å². The Morgan fingerprint density at radius 1 is 0.854 bits per heavy atom. The summed E-state index contributed by atoms with van der Waals surface area (Å²) in [5, 5.41) is 3.61. The molecule has 1 N–H and O–H groups in total. The van der Waals surface area contributed by atoms with Gasteiger partial charge in [0.05, 0.1) is 17.0 Å². The van der Waals surface area contributed by atoms with Gasteiger partial charge in [-0.15, -0.1) is 0 Å². The lowest BCUT2D eigenvalue weighted by molar-refractivity contribution is -0.121. The van der Waals surface area contributed by atoms with Gasteiger partial charge >= 0.3 is 0 Å². The number of benzene rings is 4. The van der Waals surface area contributed by atoms with E-state index in [9.17, 15) is 14.4 Å². The van der Waals surface area contributed by atoms with Crippen LogP contribution in [0.1, 0.15) is 38.8 Å². The van der Waals surface area contributed by atoms with Crippen molar-refractivity contribution in [3.8, 4) is 0 Å². The Bertz CT molecular complexity index is 1800. The number of carbonyl (C=O) groups is 3. The first-order chi connectivity index (χ1) is 19.8. The Balaban J connectivity index is 1.57. The number of nitrogens with one attached hydrogen (secondary N) is 1. The molecule has 7 heteroatoms. The second-order valence-electron chi connectivity index (χ2n) is 10.7. The second-order valence-corrected chi connectivity index (χ2v) is 11.6. The van der Waals surface area contributed by atoms with Gasteiger partial charge in [-0.25, -0.2) is 0 Å². The fourth-order valence-electron chi connectivity index (χ4n) is 7.02. The van der Waals surface area contributed by atoms with Crippen LogP contribution in [0.3, 0.4) is 0 Å². The molecular weight excluding hydrogens is 555 g/mol. The van der Waals surface area contributed by atoms with E-state index >= 15 is 0 Å². The van der Waals surface area contributed by atoms with Crippen molar-refractivity contribution < 1.29 is 14.4 Å². The molecular formula is C34H24Cl2N2O3. The van der Waals surface area contributed by atoms with Crippen LogP contribution in [0.2, 0.25) is 10.0 Å². The molecule has 1 fully saturated rings. The summed E-state index contributed by atoms with van der Waals surface area (Å²) < 4.78 is 0. The van der Waals surface area contributed by atoms with Gasteiger partial charge in [0, 0.05) is 33.1 Å². The minimum absolute atomic E-state index is 0.173. The lowest BCUT2D eigenvalue weighted by atomic mass is 9.64. The molecule has 7 rings (SSSR count). The van der Waals surface area contributed by atoms with Crippen LogP contribution in [-0.4, -0.2) is 29.6 Å². The van der Waals surface area contributed by atoms with E-state index in [4.69, 9.17) is 23.2 Å². The van der Waals surface area contributed by atoms with Crippen molar-refractivity contribution in [2.45, 2.75) is 24.4 Å². The Morgan fingerprint density at radius 3 is 2.34 bits per heavy atom. The smallest absolute Gasteiger partial charge is 0.238 e. The topological polar surface area (TPSA) is 66.5 Å². The second kappa shape index (κ2) is 9.44. The number of carbonyl (C=O) groups excluding carboxylic acids is 3. The number of hydrogen-bond acceptors (Lipinski definition) is 4. The maximum atomic E-state index is 14.9. The van der Waals surface area contributed by atoms with E-state index in [0.717, 1.165) is 16.8 Å². The number of hydrogen-bond donors (Lipinski definition) is 1. The van der Waals surface area contributed by atoms with Gasteiger partial charge in [-0.05, 0) is 48.4 Å². The highest BCUT2D eigenvalue weighted by atomic mass is 35.5. The Morgan fingerprint density at radius 2 is 1.56 bits per heavy atom. The lowest BCUT2D eigenvalue weighted by Gasteiger charge is -2.39. The van der Waals surface area contributed by atoms with E-state index < -0.39 is 23.4 Å². The molecule has 0 aromatic heterocycles. The van der Waals surface area contributed by atoms with Crippen molar-refractivity contribution in [1.82, 2.24) is 0 Å². The number of Topliss-reactive ketones (excluding diaryl/α,β-unsaturated/α-hetero) is 2. The highest BCUT2D eigenvalue weighted by Crippen LogP contribution is 2.59. The predicted molar refractivity (Wildman–Crippen MR) is 162 cm³/mol. The van der Waals surface area contributed by atoms with Gasteiger partial charge in [0.1, 0.15) is 11.5 Å². The number of anilines is 2. The van der Waals surface area contributed by atoms with Crippen LogP contribution in [0, 0.1) is 5.92 Å². The van der Waals surface area contributed by atoms with E-state index in [1.165, 1.54) is 6.07 Å². The molecule has 1 spiro atoms. The number of rotatable bonds is 4. The van der Waals surface area contributed by atoms with Crippen molar-refractivity contribution in [2.75, 3.05) is 10.2 Å². The summed E-state index contributed by atoms with van der Waals surface area (Å²) in [5.41, 5.74) is 3.34. The van der Waals surface area contributed by atoms with Gasteiger partial charge in [0.25, 0.3) is 0 Å². The molecule has 0 radical (unpaired) electrons. The van der Waals surface area contributed by atoms with Crippen LogP contribution in [-0.2, 0) is 10.2 Å². The summed E-state index contributed by atoms with van der Waals surface area (Å²) >= 11 is 12.8. The molecule has 41 heavy (non-hydrogen) atoms. The standard InChI is InChI=1S/C34H24Cl2N2O3/c1-19-17-28-34(24-12-6-7-13-26(24)37-33(34)41)29(32(40)23-16-15-21(35)18-25(23)36)30(31(39)20-9-3-2-4-10-20)38(28)27-14-8-5-11-22(19)27/h2-18,28-30H,1H3,(H,37,41)/t28-,29-,30+,34+/m0/s1. The maximum Gasteiger partial charge on any atom is 0.238 e. The quantitative estimate of drug-likeness (QED) is 0.259. The first kappa shape index (κ1) is 25.8. The third kappa shape index (κ3) is 3.59. The summed E-state index contributed by atoms with van der Waals surface area (Å²) in [6, 6.07) is 27.3. The van der Waals surface area contributed by atoms with Crippen molar-refractivity contribution in [3.05, 3.63) is 135 Å².